The van der Waals surface area contributed by atoms with Crippen LogP contribution in [0.1, 0.15) is 72.6 Å². The molecule has 0 bridgehead atoms. The molecule has 0 aromatic heterocycles. The topological polar surface area (TPSA) is 35.5 Å². The maximum Gasteiger partial charge on any atom is 0.306 e. The highest BCUT2D eigenvalue weighted by molar-refractivity contribution is 5.69. The summed E-state index contributed by atoms with van der Waals surface area (Å²) in [6.07, 6.45) is 9.29. The Labute approximate surface area is 123 Å². The van der Waals surface area contributed by atoms with Gasteiger partial charge in [0.2, 0.25) is 0 Å². The summed E-state index contributed by atoms with van der Waals surface area (Å²) >= 11 is 0. The molecule has 20 heavy (non-hydrogen) atoms. The largest absolute Gasteiger partial charge is 0.499 e. The van der Waals surface area contributed by atoms with Crippen molar-refractivity contribution in [2.24, 2.45) is 5.92 Å². The summed E-state index contributed by atoms with van der Waals surface area (Å²) in [6.45, 7) is 8.55. The number of hydrogen-bond acceptors (Lipinski definition) is 3. The van der Waals surface area contributed by atoms with Crippen LogP contribution in [0.5, 0.6) is 0 Å². The minimum atomic E-state index is -0.322. The van der Waals surface area contributed by atoms with Crippen molar-refractivity contribution in [1.82, 2.24) is 0 Å². The summed E-state index contributed by atoms with van der Waals surface area (Å²) in [7, 11) is 0. The van der Waals surface area contributed by atoms with Gasteiger partial charge in [-0.2, -0.15) is 0 Å². The van der Waals surface area contributed by atoms with Crippen LogP contribution in [0.2, 0.25) is 0 Å². The van der Waals surface area contributed by atoms with E-state index in [2.05, 4.69) is 13.8 Å². The van der Waals surface area contributed by atoms with Gasteiger partial charge in [-0.1, -0.05) is 25.3 Å². The van der Waals surface area contributed by atoms with Gasteiger partial charge in [0, 0.05) is 6.42 Å². The minimum absolute atomic E-state index is 0.0951. The Kier molecular flexibility index (Phi) is 7.11. The maximum absolute atomic E-state index is 11.9. The number of carbonyl (C=O) groups excluding carboxylic acids is 1. The Morgan fingerprint density at radius 2 is 1.90 bits per heavy atom. The predicted octanol–water partition coefficient (Wildman–Crippen LogP) is 4.61. The second-order valence-corrected chi connectivity index (χ2v) is 6.26. The fourth-order valence-electron chi connectivity index (χ4n) is 2.76. The van der Waals surface area contributed by atoms with Gasteiger partial charge >= 0.3 is 5.97 Å². The summed E-state index contributed by atoms with van der Waals surface area (Å²) in [6, 6.07) is 0. The molecular weight excluding hydrogens is 252 g/mol. The lowest BCUT2D eigenvalue weighted by Crippen LogP contribution is -2.37. The highest BCUT2D eigenvalue weighted by atomic mass is 16.6. The number of carbonyl (C=O) groups is 1. The number of ether oxygens (including phenoxy) is 2. The molecule has 0 heterocycles. The van der Waals surface area contributed by atoms with E-state index in [9.17, 15) is 4.79 Å². The molecule has 0 unspecified atom stereocenters. The highest BCUT2D eigenvalue weighted by Crippen LogP contribution is 2.34. The average Bonchev–Trinajstić information content (AvgIpc) is 2.43. The van der Waals surface area contributed by atoms with Gasteiger partial charge in [0.1, 0.15) is 5.60 Å². The monoisotopic (exact) mass is 282 g/mol. The first-order chi connectivity index (χ1) is 9.45. The summed E-state index contributed by atoms with van der Waals surface area (Å²) in [5, 5.41) is 0. The van der Waals surface area contributed by atoms with Crippen molar-refractivity contribution in [3.8, 4) is 0 Å². The molecule has 1 aliphatic rings. The molecule has 1 fully saturated rings. The molecule has 0 radical (unpaired) electrons. The molecular formula is C17H30O3. The Bertz CT molecular complexity index is 325. The van der Waals surface area contributed by atoms with E-state index in [0.29, 0.717) is 25.4 Å². The standard InChI is InChI=1S/C17H30O3/c1-5-14(2)19-13-9-12-16(18)20-17(3,4)15-10-7-6-8-11-15/h5,15H,6-13H2,1-4H3. The molecule has 0 saturated heterocycles. The quantitative estimate of drug-likeness (QED) is 0.388. The third kappa shape index (κ3) is 5.98. The van der Waals surface area contributed by atoms with Crippen LogP contribution in [-0.4, -0.2) is 18.2 Å². The lowest BCUT2D eigenvalue weighted by molar-refractivity contribution is -0.163. The van der Waals surface area contributed by atoms with Crippen LogP contribution in [0.25, 0.3) is 0 Å². The van der Waals surface area contributed by atoms with Gasteiger partial charge < -0.3 is 9.47 Å². The van der Waals surface area contributed by atoms with Gasteiger partial charge in [0.15, 0.2) is 0 Å². The summed E-state index contributed by atoms with van der Waals surface area (Å²) in [5.41, 5.74) is -0.322. The summed E-state index contributed by atoms with van der Waals surface area (Å²) in [5.74, 6) is 1.32. The van der Waals surface area contributed by atoms with Crippen molar-refractivity contribution in [2.45, 2.75) is 78.2 Å². The van der Waals surface area contributed by atoms with Gasteiger partial charge in [0.25, 0.3) is 0 Å². The van der Waals surface area contributed by atoms with Crippen molar-refractivity contribution in [2.75, 3.05) is 6.61 Å². The number of esters is 1. The van der Waals surface area contributed by atoms with Crippen LogP contribution in [0.15, 0.2) is 11.8 Å². The third-order valence-corrected chi connectivity index (χ3v) is 4.23. The number of hydrogen-bond donors (Lipinski definition) is 0. The molecule has 0 spiro atoms. The van der Waals surface area contributed by atoms with Crippen molar-refractivity contribution in [3.05, 3.63) is 11.8 Å². The molecule has 0 amide bonds. The average molecular weight is 282 g/mol. The van der Waals surface area contributed by atoms with Gasteiger partial charge in [-0.15, -0.1) is 0 Å². The van der Waals surface area contributed by atoms with Crippen LogP contribution in [0.4, 0.5) is 0 Å². The van der Waals surface area contributed by atoms with Crippen molar-refractivity contribution < 1.29 is 14.3 Å². The van der Waals surface area contributed by atoms with Crippen LogP contribution in [0.3, 0.4) is 0 Å². The first-order valence-corrected chi connectivity index (χ1v) is 7.93. The van der Waals surface area contributed by atoms with Crippen molar-refractivity contribution >= 4 is 5.97 Å². The molecule has 0 N–H and O–H groups in total. The SMILES string of the molecule is CC=C(C)OCCCC(=O)OC(C)(C)C1CCCCC1. The molecule has 0 atom stereocenters. The molecule has 3 nitrogen and oxygen atoms in total. The van der Waals surface area contributed by atoms with Crippen molar-refractivity contribution in [3.63, 3.8) is 0 Å². The van der Waals surface area contributed by atoms with Crippen LogP contribution in [-0.2, 0) is 14.3 Å². The normalized spacial score (nSPS) is 17.9. The Morgan fingerprint density at radius 1 is 1.25 bits per heavy atom. The van der Waals surface area contributed by atoms with Crippen molar-refractivity contribution in [1.29, 1.82) is 0 Å². The minimum Gasteiger partial charge on any atom is -0.499 e. The molecule has 0 aliphatic heterocycles. The van der Waals surface area contributed by atoms with Gasteiger partial charge in [-0.25, -0.2) is 0 Å². The van der Waals surface area contributed by atoms with Gasteiger partial charge in [-0.05, 0) is 52.9 Å². The molecule has 0 aromatic carbocycles. The first-order valence-electron chi connectivity index (χ1n) is 7.93. The van der Waals surface area contributed by atoms with E-state index in [1.165, 1.54) is 32.1 Å². The molecule has 1 aliphatic carbocycles. The number of rotatable bonds is 7. The molecule has 116 valence electrons. The van der Waals surface area contributed by atoms with E-state index >= 15 is 0 Å². The molecule has 3 heteroatoms. The summed E-state index contributed by atoms with van der Waals surface area (Å²) in [4.78, 5) is 11.9. The second-order valence-electron chi connectivity index (χ2n) is 6.26. The van der Waals surface area contributed by atoms with Crippen LogP contribution >= 0.6 is 0 Å². The van der Waals surface area contributed by atoms with E-state index in [1.54, 1.807) is 0 Å². The zero-order valence-electron chi connectivity index (χ0n) is 13.5. The number of allylic oxidation sites excluding steroid dienone is 2. The van der Waals surface area contributed by atoms with Crippen LogP contribution in [0, 0.1) is 5.92 Å². The lowest BCUT2D eigenvalue weighted by Gasteiger charge is -2.36. The third-order valence-electron chi connectivity index (χ3n) is 4.23. The van der Waals surface area contributed by atoms with Crippen LogP contribution < -0.4 is 0 Å². The zero-order chi connectivity index (χ0) is 15.0. The highest BCUT2D eigenvalue weighted by Gasteiger charge is 2.33. The fourth-order valence-corrected chi connectivity index (χ4v) is 2.76. The smallest absolute Gasteiger partial charge is 0.306 e. The second kappa shape index (κ2) is 8.33. The maximum atomic E-state index is 11.9. The van der Waals surface area contributed by atoms with E-state index < -0.39 is 0 Å². The Balaban J connectivity index is 2.26. The molecule has 0 aromatic rings. The first kappa shape index (κ1) is 17.1. The van der Waals surface area contributed by atoms with E-state index in [1.807, 2.05) is 19.9 Å². The zero-order valence-corrected chi connectivity index (χ0v) is 13.5. The molecule has 1 saturated carbocycles. The van der Waals surface area contributed by atoms with Gasteiger partial charge in [0.05, 0.1) is 12.4 Å². The Morgan fingerprint density at radius 3 is 2.50 bits per heavy atom. The Hall–Kier alpha value is -0.990. The predicted molar refractivity (Wildman–Crippen MR) is 81.4 cm³/mol. The van der Waals surface area contributed by atoms with E-state index in [4.69, 9.17) is 9.47 Å². The van der Waals surface area contributed by atoms with Gasteiger partial charge in [-0.3, -0.25) is 4.79 Å². The van der Waals surface area contributed by atoms with E-state index in [0.717, 1.165) is 5.76 Å². The molecule has 1 rings (SSSR count). The van der Waals surface area contributed by atoms with E-state index in [-0.39, 0.29) is 11.6 Å². The summed E-state index contributed by atoms with van der Waals surface area (Å²) < 4.78 is 11.1. The lowest BCUT2D eigenvalue weighted by atomic mass is 9.79. The fraction of sp³-hybridized carbons (Fsp3) is 0.824.